The molecule has 140 valence electrons. The van der Waals surface area contributed by atoms with Gasteiger partial charge in [0, 0.05) is 17.2 Å². The van der Waals surface area contributed by atoms with E-state index in [2.05, 4.69) is 15.0 Å². The van der Waals surface area contributed by atoms with E-state index in [4.69, 9.17) is 5.11 Å². The molecule has 0 radical (unpaired) electrons. The van der Waals surface area contributed by atoms with E-state index in [0.717, 1.165) is 17.3 Å². The standard InChI is InChI=1S/C20H14FN3O3S/c21-14-9-15-19(24-20(22-15)28-10-17(26)27)23-18(14)12-7-5-11(6-8-12)13-3-1-2-4-16(13)25/h1-9,25H,10H2,(H,26,27)(H,22,23,24). The second-order valence-corrected chi connectivity index (χ2v) is 6.97. The van der Waals surface area contributed by atoms with Crippen molar-refractivity contribution >= 4 is 28.9 Å². The van der Waals surface area contributed by atoms with E-state index in [1.54, 1.807) is 42.5 Å². The van der Waals surface area contributed by atoms with E-state index >= 15 is 0 Å². The van der Waals surface area contributed by atoms with E-state index < -0.39 is 11.8 Å². The maximum atomic E-state index is 14.6. The molecule has 8 heteroatoms. The van der Waals surface area contributed by atoms with E-state index in [1.165, 1.54) is 6.07 Å². The molecule has 3 N–H and O–H groups in total. The quantitative estimate of drug-likeness (QED) is 0.436. The third-order valence-corrected chi connectivity index (χ3v) is 4.97. The summed E-state index contributed by atoms with van der Waals surface area (Å²) in [5.41, 5.74) is 2.92. The van der Waals surface area contributed by atoms with Crippen LogP contribution < -0.4 is 0 Å². The number of aromatic nitrogens is 3. The summed E-state index contributed by atoms with van der Waals surface area (Å²) in [6.07, 6.45) is 0. The summed E-state index contributed by atoms with van der Waals surface area (Å²) >= 11 is 1.01. The minimum absolute atomic E-state index is 0.150. The Hall–Kier alpha value is -3.39. The van der Waals surface area contributed by atoms with E-state index in [-0.39, 0.29) is 17.2 Å². The molecule has 4 rings (SSSR count). The topological polar surface area (TPSA) is 99.1 Å². The second kappa shape index (κ2) is 7.32. The van der Waals surface area contributed by atoms with Crippen LogP contribution in [0.4, 0.5) is 4.39 Å². The molecule has 0 fully saturated rings. The number of phenols is 1. The third kappa shape index (κ3) is 3.54. The van der Waals surface area contributed by atoms with Crippen LogP contribution >= 0.6 is 11.8 Å². The number of hydrogen-bond acceptors (Lipinski definition) is 5. The number of hydrogen-bond donors (Lipinski definition) is 3. The summed E-state index contributed by atoms with van der Waals surface area (Å²) in [6.45, 7) is 0. The number of nitrogens with one attached hydrogen (secondary N) is 1. The van der Waals surface area contributed by atoms with Crippen LogP contribution in [0, 0.1) is 5.82 Å². The van der Waals surface area contributed by atoms with Crippen molar-refractivity contribution in [2.45, 2.75) is 5.16 Å². The highest BCUT2D eigenvalue weighted by Gasteiger charge is 2.14. The van der Waals surface area contributed by atoms with Crippen molar-refractivity contribution in [2.75, 3.05) is 5.75 Å². The number of nitrogens with zero attached hydrogens (tertiary/aromatic N) is 2. The van der Waals surface area contributed by atoms with Crippen LogP contribution in [0.5, 0.6) is 5.75 Å². The smallest absolute Gasteiger partial charge is 0.313 e. The monoisotopic (exact) mass is 395 g/mol. The number of carbonyl (C=O) groups is 1. The predicted octanol–water partition coefficient (Wildman–Crippen LogP) is 4.31. The Balaban J connectivity index is 1.67. The van der Waals surface area contributed by atoms with Crippen molar-refractivity contribution in [3.63, 3.8) is 0 Å². The number of halogens is 1. The molecule has 0 saturated heterocycles. The molecule has 0 saturated carbocycles. The molecule has 0 bridgehead atoms. The number of H-pyrrole nitrogens is 1. The number of pyridine rings is 1. The first-order valence-electron chi connectivity index (χ1n) is 8.31. The van der Waals surface area contributed by atoms with Gasteiger partial charge in [-0.25, -0.2) is 14.4 Å². The lowest BCUT2D eigenvalue weighted by Crippen LogP contribution is -1.97. The average Bonchev–Trinajstić information content (AvgIpc) is 3.08. The number of fused-ring (bicyclic) bond motifs is 1. The van der Waals surface area contributed by atoms with Crippen LogP contribution in [-0.2, 0) is 4.79 Å². The minimum atomic E-state index is -0.963. The Morgan fingerprint density at radius 2 is 1.79 bits per heavy atom. The van der Waals surface area contributed by atoms with Gasteiger partial charge in [0.05, 0.1) is 11.3 Å². The lowest BCUT2D eigenvalue weighted by atomic mass is 10.0. The van der Waals surface area contributed by atoms with E-state index in [0.29, 0.717) is 27.4 Å². The van der Waals surface area contributed by atoms with Crippen molar-refractivity contribution < 1.29 is 19.4 Å². The fraction of sp³-hybridized carbons (Fsp3) is 0.0500. The third-order valence-electron chi connectivity index (χ3n) is 4.11. The second-order valence-electron chi connectivity index (χ2n) is 6.01. The lowest BCUT2D eigenvalue weighted by molar-refractivity contribution is -0.133. The molecule has 0 amide bonds. The van der Waals surface area contributed by atoms with Crippen LogP contribution in [0.25, 0.3) is 33.5 Å². The van der Waals surface area contributed by atoms with Crippen LogP contribution in [0.2, 0.25) is 0 Å². The lowest BCUT2D eigenvalue weighted by Gasteiger charge is -2.07. The maximum Gasteiger partial charge on any atom is 0.313 e. The fourth-order valence-corrected chi connectivity index (χ4v) is 3.42. The Bertz CT molecular complexity index is 1180. The predicted molar refractivity (Wildman–Crippen MR) is 105 cm³/mol. The summed E-state index contributed by atoms with van der Waals surface area (Å²) in [5, 5.41) is 19.1. The van der Waals surface area contributed by atoms with Gasteiger partial charge in [-0.3, -0.25) is 4.79 Å². The molecule has 0 atom stereocenters. The molecule has 28 heavy (non-hydrogen) atoms. The first kappa shape index (κ1) is 18.0. The van der Waals surface area contributed by atoms with Crippen LogP contribution in [0.15, 0.2) is 59.8 Å². The summed E-state index contributed by atoms with van der Waals surface area (Å²) in [5.74, 6) is -1.46. The van der Waals surface area contributed by atoms with Crippen LogP contribution in [0.1, 0.15) is 0 Å². The highest BCUT2D eigenvalue weighted by molar-refractivity contribution is 7.99. The van der Waals surface area contributed by atoms with E-state index in [9.17, 15) is 14.3 Å². The van der Waals surface area contributed by atoms with Gasteiger partial charge < -0.3 is 15.2 Å². The zero-order valence-corrected chi connectivity index (χ0v) is 15.2. The number of aromatic amines is 1. The van der Waals surface area contributed by atoms with Gasteiger partial charge in [-0.2, -0.15) is 0 Å². The molecule has 0 spiro atoms. The number of imidazole rings is 1. The average molecular weight is 395 g/mol. The van der Waals surface area contributed by atoms with Gasteiger partial charge in [-0.05, 0) is 11.6 Å². The maximum absolute atomic E-state index is 14.6. The zero-order chi connectivity index (χ0) is 19.7. The number of benzene rings is 2. The van der Waals surface area contributed by atoms with Gasteiger partial charge in [0.2, 0.25) is 0 Å². The number of aromatic hydroxyl groups is 1. The highest BCUT2D eigenvalue weighted by atomic mass is 32.2. The van der Waals surface area contributed by atoms with Crippen molar-refractivity contribution in [3.8, 4) is 28.1 Å². The van der Waals surface area contributed by atoms with Crippen LogP contribution in [0.3, 0.4) is 0 Å². The summed E-state index contributed by atoms with van der Waals surface area (Å²) in [6, 6.07) is 15.3. The number of aliphatic carboxylic acids is 1. The van der Waals surface area contributed by atoms with Gasteiger partial charge in [0.25, 0.3) is 0 Å². The Kier molecular flexibility index (Phi) is 4.70. The van der Waals surface area contributed by atoms with Crippen molar-refractivity contribution in [1.29, 1.82) is 0 Å². The molecule has 2 aromatic heterocycles. The molecule has 0 aliphatic carbocycles. The molecule has 6 nitrogen and oxygen atoms in total. The Morgan fingerprint density at radius 3 is 2.50 bits per heavy atom. The van der Waals surface area contributed by atoms with Gasteiger partial charge in [-0.15, -0.1) is 0 Å². The van der Waals surface area contributed by atoms with Crippen molar-refractivity contribution in [2.24, 2.45) is 0 Å². The molecular formula is C20H14FN3O3S. The molecule has 0 aliphatic heterocycles. The van der Waals surface area contributed by atoms with Crippen molar-refractivity contribution in [3.05, 3.63) is 60.4 Å². The molecule has 2 heterocycles. The minimum Gasteiger partial charge on any atom is -0.507 e. The van der Waals surface area contributed by atoms with E-state index in [1.807, 2.05) is 6.07 Å². The number of para-hydroxylation sites is 1. The first-order chi connectivity index (χ1) is 13.5. The van der Waals surface area contributed by atoms with Crippen molar-refractivity contribution in [1.82, 2.24) is 15.0 Å². The largest absolute Gasteiger partial charge is 0.507 e. The van der Waals surface area contributed by atoms with Crippen LogP contribution in [-0.4, -0.2) is 36.9 Å². The van der Waals surface area contributed by atoms with Gasteiger partial charge in [0.15, 0.2) is 16.6 Å². The van der Waals surface area contributed by atoms with Gasteiger partial charge in [-0.1, -0.05) is 54.2 Å². The number of phenolic OH excluding ortho intramolecular Hbond substituents is 1. The molecule has 0 unspecified atom stereocenters. The normalized spacial score (nSPS) is 11.0. The number of carboxylic acids is 1. The highest BCUT2D eigenvalue weighted by Crippen LogP contribution is 2.31. The number of rotatable bonds is 5. The number of thioether (sulfide) groups is 1. The SMILES string of the molecule is O=C(O)CSc1nc2nc(-c3ccc(-c4ccccc4O)cc3)c(F)cc2[nH]1. The Labute approximate surface area is 163 Å². The Morgan fingerprint density at radius 1 is 1.07 bits per heavy atom. The molecule has 0 aliphatic rings. The summed E-state index contributed by atoms with van der Waals surface area (Å²) in [7, 11) is 0. The fourth-order valence-electron chi connectivity index (χ4n) is 2.82. The zero-order valence-electron chi connectivity index (χ0n) is 14.4. The molecular weight excluding hydrogens is 381 g/mol. The summed E-state index contributed by atoms with van der Waals surface area (Å²) < 4.78 is 14.6. The summed E-state index contributed by atoms with van der Waals surface area (Å²) in [4.78, 5) is 22.1. The molecule has 2 aromatic carbocycles. The van der Waals surface area contributed by atoms with Gasteiger partial charge in [0.1, 0.15) is 11.4 Å². The van der Waals surface area contributed by atoms with Gasteiger partial charge >= 0.3 is 5.97 Å². The first-order valence-corrected chi connectivity index (χ1v) is 9.29. The number of carboxylic acid groups (broad SMARTS) is 1. The molecule has 4 aromatic rings.